The lowest BCUT2D eigenvalue weighted by molar-refractivity contribution is -0.140. The molecule has 2 aromatic rings. The van der Waals surface area contributed by atoms with E-state index < -0.39 is 37.7 Å². The molecule has 1 saturated carbocycles. The highest BCUT2D eigenvalue weighted by molar-refractivity contribution is 5.88. The minimum Gasteiger partial charge on any atom is -0.462 e. The molecule has 1 aliphatic carbocycles. The van der Waals surface area contributed by atoms with Crippen molar-refractivity contribution >= 4 is 11.9 Å². The van der Waals surface area contributed by atoms with E-state index in [4.69, 9.17) is 19.7 Å². The van der Waals surface area contributed by atoms with Crippen molar-refractivity contribution < 1.29 is 42.4 Å². The number of halogens is 3. The van der Waals surface area contributed by atoms with Crippen LogP contribution in [0.4, 0.5) is 13.2 Å². The Bertz CT molecular complexity index is 1210. The first-order valence-corrected chi connectivity index (χ1v) is 15.2. The van der Waals surface area contributed by atoms with Crippen LogP contribution in [0, 0.1) is 5.92 Å². The predicted molar refractivity (Wildman–Crippen MR) is 163 cm³/mol. The van der Waals surface area contributed by atoms with E-state index in [1.54, 1.807) is 0 Å². The molecular formula is C35H43F3O6. The lowest BCUT2D eigenvalue weighted by atomic mass is 9.77. The molecule has 0 amide bonds. The van der Waals surface area contributed by atoms with Gasteiger partial charge in [-0.3, -0.25) is 0 Å². The average Bonchev–Trinajstić information content (AvgIpc) is 3.02. The van der Waals surface area contributed by atoms with Crippen molar-refractivity contribution in [3.05, 3.63) is 83.5 Å². The van der Waals surface area contributed by atoms with Gasteiger partial charge < -0.3 is 19.7 Å². The van der Waals surface area contributed by atoms with E-state index in [0.717, 1.165) is 54.4 Å². The molecule has 0 aliphatic heterocycles. The maximum atomic E-state index is 12.4. The Labute approximate surface area is 257 Å². The molecule has 0 heterocycles. The number of carbonyl (C=O) groups is 2. The van der Waals surface area contributed by atoms with Crippen LogP contribution < -0.4 is 0 Å². The third kappa shape index (κ3) is 11.6. The molecule has 3 rings (SSSR count). The van der Waals surface area contributed by atoms with Gasteiger partial charge >= 0.3 is 18.1 Å². The van der Waals surface area contributed by atoms with Crippen LogP contribution in [0.1, 0.15) is 74.0 Å². The molecule has 0 saturated heterocycles. The lowest BCUT2D eigenvalue weighted by Crippen LogP contribution is -2.14. The second-order valence-electron chi connectivity index (χ2n) is 11.5. The number of benzene rings is 2. The molecular weight excluding hydrogens is 573 g/mol. The first kappa shape index (κ1) is 35.1. The SMILES string of the molecule is C=C(CO)C(=O)OCCc1cc(CCOC(=O)C(=C)CO)cc(-c2ccc(C3CCC(CCCCC(F)(F)F)CC3)cc2)c1. The summed E-state index contributed by atoms with van der Waals surface area (Å²) in [6, 6.07) is 14.5. The topological polar surface area (TPSA) is 93.1 Å². The fourth-order valence-electron chi connectivity index (χ4n) is 5.56. The Morgan fingerprint density at radius 2 is 1.30 bits per heavy atom. The highest BCUT2D eigenvalue weighted by Crippen LogP contribution is 2.38. The van der Waals surface area contributed by atoms with Crippen LogP contribution in [0.3, 0.4) is 0 Å². The van der Waals surface area contributed by atoms with Gasteiger partial charge in [-0.2, -0.15) is 13.2 Å². The number of aliphatic hydroxyl groups is 2. The Balaban J connectivity index is 1.64. The molecule has 240 valence electrons. The summed E-state index contributed by atoms with van der Waals surface area (Å²) in [7, 11) is 0. The maximum absolute atomic E-state index is 12.4. The van der Waals surface area contributed by atoms with Gasteiger partial charge in [0.1, 0.15) is 0 Å². The Morgan fingerprint density at radius 1 is 0.773 bits per heavy atom. The van der Waals surface area contributed by atoms with E-state index in [2.05, 4.69) is 37.4 Å². The minimum absolute atomic E-state index is 0.0137. The number of carbonyl (C=O) groups excluding carboxylic acids is 2. The van der Waals surface area contributed by atoms with E-state index in [1.807, 2.05) is 18.2 Å². The summed E-state index contributed by atoms with van der Waals surface area (Å²) in [5.74, 6) is -0.358. The van der Waals surface area contributed by atoms with Gasteiger partial charge in [0.25, 0.3) is 0 Å². The quantitative estimate of drug-likeness (QED) is 0.120. The third-order valence-electron chi connectivity index (χ3n) is 8.14. The summed E-state index contributed by atoms with van der Waals surface area (Å²) in [6.45, 7) is 6.23. The van der Waals surface area contributed by atoms with Gasteiger partial charge in [-0.05, 0) is 71.8 Å². The Kier molecular flexibility index (Phi) is 13.7. The molecule has 6 nitrogen and oxygen atoms in total. The van der Waals surface area contributed by atoms with Gasteiger partial charge in [-0.15, -0.1) is 0 Å². The number of hydrogen-bond acceptors (Lipinski definition) is 6. The number of ether oxygens (including phenoxy) is 2. The maximum Gasteiger partial charge on any atom is 0.389 e. The largest absolute Gasteiger partial charge is 0.462 e. The molecule has 0 atom stereocenters. The van der Waals surface area contributed by atoms with E-state index in [-0.39, 0.29) is 30.8 Å². The van der Waals surface area contributed by atoms with Gasteiger partial charge in [0.2, 0.25) is 0 Å². The van der Waals surface area contributed by atoms with Crippen LogP contribution in [0.2, 0.25) is 0 Å². The van der Waals surface area contributed by atoms with E-state index >= 15 is 0 Å². The number of alkyl halides is 3. The van der Waals surface area contributed by atoms with Crippen molar-refractivity contribution in [1.82, 2.24) is 0 Å². The van der Waals surface area contributed by atoms with E-state index in [1.165, 1.54) is 5.56 Å². The van der Waals surface area contributed by atoms with Crippen molar-refractivity contribution in [2.75, 3.05) is 26.4 Å². The van der Waals surface area contributed by atoms with Gasteiger partial charge in [0.05, 0.1) is 37.6 Å². The van der Waals surface area contributed by atoms with Crippen LogP contribution in [0.25, 0.3) is 11.1 Å². The summed E-state index contributed by atoms with van der Waals surface area (Å²) in [5.41, 5.74) is 5.04. The van der Waals surface area contributed by atoms with Gasteiger partial charge in [-0.25, -0.2) is 9.59 Å². The van der Waals surface area contributed by atoms with E-state index in [9.17, 15) is 22.8 Å². The van der Waals surface area contributed by atoms with Crippen LogP contribution in [-0.4, -0.2) is 54.8 Å². The van der Waals surface area contributed by atoms with Crippen LogP contribution >= 0.6 is 0 Å². The molecule has 2 N–H and O–H groups in total. The lowest BCUT2D eigenvalue weighted by Gasteiger charge is -2.29. The second kappa shape index (κ2) is 17.2. The summed E-state index contributed by atoms with van der Waals surface area (Å²) in [5, 5.41) is 18.2. The normalized spacial score (nSPS) is 16.8. The fourth-order valence-corrected chi connectivity index (χ4v) is 5.56. The minimum atomic E-state index is -4.07. The molecule has 0 radical (unpaired) electrons. The highest BCUT2D eigenvalue weighted by Gasteiger charge is 2.27. The smallest absolute Gasteiger partial charge is 0.389 e. The van der Waals surface area contributed by atoms with Crippen LogP contribution in [-0.2, 0) is 31.9 Å². The summed E-state index contributed by atoms with van der Waals surface area (Å²) in [6.07, 6.45) is 1.96. The Hall–Kier alpha value is -3.43. The molecule has 2 aromatic carbocycles. The first-order valence-electron chi connectivity index (χ1n) is 15.2. The van der Waals surface area contributed by atoms with Crippen molar-refractivity contribution in [2.45, 2.75) is 76.3 Å². The van der Waals surface area contributed by atoms with Gasteiger partial charge in [-0.1, -0.05) is 68.5 Å². The number of rotatable bonds is 16. The molecule has 0 aromatic heterocycles. The first-order chi connectivity index (χ1) is 21.0. The monoisotopic (exact) mass is 616 g/mol. The molecule has 0 bridgehead atoms. The molecule has 1 aliphatic rings. The fraction of sp³-hybridized carbons (Fsp3) is 0.486. The van der Waals surface area contributed by atoms with Crippen molar-refractivity contribution in [3.63, 3.8) is 0 Å². The number of aliphatic hydroxyl groups excluding tert-OH is 2. The second-order valence-corrected chi connectivity index (χ2v) is 11.5. The average molecular weight is 617 g/mol. The highest BCUT2D eigenvalue weighted by atomic mass is 19.4. The number of hydrogen-bond donors (Lipinski definition) is 2. The van der Waals surface area contributed by atoms with Crippen LogP contribution in [0.15, 0.2) is 66.8 Å². The standard InChI is InChI=1S/C35H43F3O6/c1-24(22-39)33(41)43-17-14-27-19-28(15-18-44-34(42)25(2)23-40)21-32(20-27)31-12-10-30(11-13-31)29-8-6-26(7-9-29)5-3-4-16-35(36,37)38/h10-13,19-21,26,29,39-40H,1-9,14-18,22-23H2. The number of unbranched alkanes of at least 4 members (excludes halogenated alkanes) is 1. The molecule has 1 fully saturated rings. The van der Waals surface area contributed by atoms with Gasteiger partial charge in [0.15, 0.2) is 0 Å². The Morgan fingerprint density at radius 3 is 1.77 bits per heavy atom. The van der Waals surface area contributed by atoms with Crippen molar-refractivity contribution in [2.24, 2.45) is 5.92 Å². The predicted octanol–water partition coefficient (Wildman–Crippen LogP) is 7.02. The zero-order valence-corrected chi connectivity index (χ0v) is 25.2. The summed E-state index contributed by atoms with van der Waals surface area (Å²) < 4.78 is 47.7. The summed E-state index contributed by atoms with van der Waals surface area (Å²) in [4.78, 5) is 23.8. The molecule has 0 unspecified atom stereocenters. The molecule has 0 spiro atoms. The molecule has 9 heteroatoms. The zero-order chi connectivity index (χ0) is 32.1. The molecule has 44 heavy (non-hydrogen) atoms. The third-order valence-corrected chi connectivity index (χ3v) is 8.14. The zero-order valence-electron chi connectivity index (χ0n) is 25.2. The van der Waals surface area contributed by atoms with Crippen molar-refractivity contribution in [1.29, 1.82) is 0 Å². The van der Waals surface area contributed by atoms with Gasteiger partial charge in [0, 0.05) is 19.3 Å². The summed E-state index contributed by atoms with van der Waals surface area (Å²) >= 11 is 0. The van der Waals surface area contributed by atoms with Crippen molar-refractivity contribution in [3.8, 4) is 11.1 Å². The van der Waals surface area contributed by atoms with E-state index in [0.29, 0.717) is 31.1 Å². The van der Waals surface area contributed by atoms with Crippen LogP contribution in [0.5, 0.6) is 0 Å². The number of esters is 2.